The van der Waals surface area contributed by atoms with Gasteiger partial charge in [-0.15, -0.1) is 0 Å². The number of hydrogen-bond donors (Lipinski definition) is 1. The molecule has 0 spiro atoms. The van der Waals surface area contributed by atoms with Crippen LogP contribution in [0.3, 0.4) is 0 Å². The lowest BCUT2D eigenvalue weighted by molar-refractivity contribution is -0.140. The molecular formula is C37H39ClFN3O4S. The predicted octanol–water partition coefficient (Wildman–Crippen LogP) is 7.07. The zero-order chi connectivity index (χ0) is 33.4. The molecule has 1 fully saturated rings. The maximum atomic E-state index is 15.1. The molecule has 0 heterocycles. The van der Waals surface area contributed by atoms with E-state index in [0.717, 1.165) is 47.5 Å². The molecule has 2 amide bonds. The van der Waals surface area contributed by atoms with Gasteiger partial charge in [0.2, 0.25) is 11.8 Å². The van der Waals surface area contributed by atoms with Crippen molar-refractivity contribution in [2.45, 2.75) is 69.0 Å². The highest BCUT2D eigenvalue weighted by Gasteiger charge is 2.35. The topological polar surface area (TPSA) is 86.8 Å². The van der Waals surface area contributed by atoms with E-state index in [2.05, 4.69) is 5.32 Å². The summed E-state index contributed by atoms with van der Waals surface area (Å²) >= 11 is 6.05. The molecule has 0 aliphatic heterocycles. The van der Waals surface area contributed by atoms with E-state index in [1.54, 1.807) is 42.5 Å². The zero-order valence-corrected chi connectivity index (χ0v) is 27.9. The van der Waals surface area contributed by atoms with Crippen molar-refractivity contribution >= 4 is 39.1 Å². The van der Waals surface area contributed by atoms with E-state index < -0.39 is 34.3 Å². The average Bonchev–Trinajstić information content (AvgIpc) is 3.07. The first kappa shape index (κ1) is 34.1. The number of aryl methyl sites for hydroxylation is 1. The fraction of sp³-hybridized carbons (Fsp3) is 0.297. The van der Waals surface area contributed by atoms with Crippen LogP contribution in [0.2, 0.25) is 5.02 Å². The molecule has 1 saturated carbocycles. The Balaban J connectivity index is 1.56. The Hall–Kier alpha value is -4.21. The molecule has 10 heteroatoms. The lowest BCUT2D eigenvalue weighted by atomic mass is 9.94. The number of amides is 2. The Morgan fingerprint density at radius 2 is 1.51 bits per heavy atom. The third-order valence-electron chi connectivity index (χ3n) is 8.52. The molecule has 246 valence electrons. The molecule has 0 aromatic heterocycles. The molecule has 7 nitrogen and oxygen atoms in total. The van der Waals surface area contributed by atoms with Crippen molar-refractivity contribution < 1.29 is 22.4 Å². The van der Waals surface area contributed by atoms with Crippen LogP contribution in [0.1, 0.15) is 48.8 Å². The molecule has 5 rings (SSSR count). The number of rotatable bonds is 12. The third kappa shape index (κ3) is 8.78. The van der Waals surface area contributed by atoms with Gasteiger partial charge in [0.25, 0.3) is 10.0 Å². The van der Waals surface area contributed by atoms with Gasteiger partial charge >= 0.3 is 0 Å². The molecule has 1 atom stereocenters. The molecule has 4 aromatic carbocycles. The number of anilines is 1. The first-order chi connectivity index (χ1) is 22.6. The lowest BCUT2D eigenvalue weighted by Gasteiger charge is -2.35. The van der Waals surface area contributed by atoms with Crippen molar-refractivity contribution in [3.63, 3.8) is 0 Å². The second-order valence-electron chi connectivity index (χ2n) is 12.0. The third-order valence-corrected chi connectivity index (χ3v) is 10.6. The molecule has 4 aromatic rings. The van der Waals surface area contributed by atoms with E-state index in [1.807, 2.05) is 37.3 Å². The number of nitrogens with one attached hydrogen (secondary N) is 1. The van der Waals surface area contributed by atoms with Crippen LogP contribution >= 0.6 is 11.6 Å². The van der Waals surface area contributed by atoms with Crippen LogP contribution in [0.5, 0.6) is 0 Å². The van der Waals surface area contributed by atoms with E-state index in [1.165, 1.54) is 35.2 Å². The molecular weight excluding hydrogens is 637 g/mol. The van der Waals surface area contributed by atoms with Gasteiger partial charge in [-0.25, -0.2) is 12.8 Å². The minimum Gasteiger partial charge on any atom is -0.352 e. The van der Waals surface area contributed by atoms with Crippen molar-refractivity contribution in [1.82, 2.24) is 10.2 Å². The summed E-state index contributed by atoms with van der Waals surface area (Å²) in [5, 5.41) is 3.52. The normalized spacial score (nSPS) is 14.3. The summed E-state index contributed by atoms with van der Waals surface area (Å²) < 4.78 is 44.4. The van der Waals surface area contributed by atoms with Gasteiger partial charge in [0.15, 0.2) is 0 Å². The minimum absolute atomic E-state index is 0.0331. The summed E-state index contributed by atoms with van der Waals surface area (Å²) in [7, 11) is -4.27. The Bertz CT molecular complexity index is 1760. The number of carbonyl (C=O) groups excluding carboxylic acids is 2. The van der Waals surface area contributed by atoms with E-state index >= 15 is 4.39 Å². The summed E-state index contributed by atoms with van der Waals surface area (Å²) in [4.78, 5) is 30.0. The number of sulfonamides is 1. The SMILES string of the molecule is Cc1ccc(N(CC(=O)N(Cc2ccccc2F)[C@H](Cc2ccccc2)C(=O)NC2CCCCC2)S(=O)(=O)c2ccc(Cl)cc2)cc1. The molecule has 1 aliphatic rings. The lowest BCUT2D eigenvalue weighted by Crippen LogP contribution is -2.55. The fourth-order valence-electron chi connectivity index (χ4n) is 5.88. The van der Waals surface area contributed by atoms with E-state index in [9.17, 15) is 18.0 Å². The molecule has 47 heavy (non-hydrogen) atoms. The van der Waals surface area contributed by atoms with Gasteiger partial charge in [0.05, 0.1) is 10.6 Å². The first-order valence-corrected chi connectivity index (χ1v) is 17.7. The highest BCUT2D eigenvalue weighted by Crippen LogP contribution is 2.27. The highest BCUT2D eigenvalue weighted by molar-refractivity contribution is 7.92. The van der Waals surface area contributed by atoms with Crippen molar-refractivity contribution in [3.8, 4) is 0 Å². The second kappa shape index (κ2) is 15.6. The average molecular weight is 676 g/mol. The molecule has 1 aliphatic carbocycles. The minimum atomic E-state index is -4.27. The summed E-state index contributed by atoms with van der Waals surface area (Å²) in [6.45, 7) is 1.02. The van der Waals surface area contributed by atoms with E-state index in [-0.39, 0.29) is 41.1 Å². The van der Waals surface area contributed by atoms with Gasteiger partial charge in [-0.2, -0.15) is 0 Å². The van der Waals surface area contributed by atoms with Gasteiger partial charge in [0, 0.05) is 29.6 Å². The number of halogens is 2. The smallest absolute Gasteiger partial charge is 0.264 e. The van der Waals surface area contributed by atoms with Crippen LogP contribution in [0.25, 0.3) is 0 Å². The van der Waals surface area contributed by atoms with Crippen molar-refractivity contribution in [1.29, 1.82) is 0 Å². The van der Waals surface area contributed by atoms with Gasteiger partial charge in [0.1, 0.15) is 18.4 Å². The van der Waals surface area contributed by atoms with Gasteiger partial charge in [-0.3, -0.25) is 13.9 Å². The van der Waals surface area contributed by atoms with Crippen LogP contribution < -0.4 is 9.62 Å². The predicted molar refractivity (Wildman–Crippen MR) is 183 cm³/mol. The van der Waals surface area contributed by atoms with Crippen LogP contribution in [0.15, 0.2) is 108 Å². The van der Waals surface area contributed by atoms with Gasteiger partial charge in [-0.1, -0.05) is 97.1 Å². The summed E-state index contributed by atoms with van der Waals surface area (Å²) in [5.74, 6) is -1.53. The largest absolute Gasteiger partial charge is 0.352 e. The fourth-order valence-corrected chi connectivity index (χ4v) is 7.42. The molecule has 1 N–H and O–H groups in total. The molecule has 0 saturated heterocycles. The molecule has 0 radical (unpaired) electrons. The van der Waals surface area contributed by atoms with Crippen LogP contribution in [0.4, 0.5) is 10.1 Å². The Labute approximate surface area is 281 Å². The quantitative estimate of drug-likeness (QED) is 0.174. The van der Waals surface area contributed by atoms with Gasteiger partial charge < -0.3 is 10.2 Å². The van der Waals surface area contributed by atoms with Crippen molar-refractivity contribution in [2.24, 2.45) is 0 Å². The monoisotopic (exact) mass is 675 g/mol. The summed E-state index contributed by atoms with van der Waals surface area (Å²) in [5.41, 5.74) is 2.21. The number of carbonyl (C=O) groups is 2. The summed E-state index contributed by atoms with van der Waals surface area (Å²) in [6, 6.07) is 26.8. The first-order valence-electron chi connectivity index (χ1n) is 15.8. The van der Waals surface area contributed by atoms with Crippen LogP contribution in [0, 0.1) is 12.7 Å². The van der Waals surface area contributed by atoms with Crippen molar-refractivity contribution in [2.75, 3.05) is 10.8 Å². The van der Waals surface area contributed by atoms with Crippen LogP contribution in [-0.2, 0) is 32.6 Å². The Morgan fingerprint density at radius 3 is 2.17 bits per heavy atom. The zero-order valence-electron chi connectivity index (χ0n) is 26.3. The van der Waals surface area contributed by atoms with E-state index in [0.29, 0.717) is 5.02 Å². The van der Waals surface area contributed by atoms with Crippen molar-refractivity contribution in [3.05, 3.63) is 131 Å². The highest BCUT2D eigenvalue weighted by atomic mass is 35.5. The second-order valence-corrected chi connectivity index (χ2v) is 14.3. The maximum Gasteiger partial charge on any atom is 0.264 e. The standard InChI is InChI=1S/C37H39ClFN3O4S/c1-27-16-20-32(21-17-27)42(47(45,46)33-22-18-30(38)19-23-33)26-36(43)41(25-29-12-8-9-15-34(29)39)35(24-28-10-4-2-5-11-28)37(44)40-31-13-6-3-7-14-31/h2,4-5,8-12,15-23,31,35H,3,6-7,13-14,24-26H2,1H3,(H,40,44)/t35-/m1/s1. The van der Waals surface area contributed by atoms with E-state index in [4.69, 9.17) is 11.6 Å². The van der Waals surface area contributed by atoms with Gasteiger partial charge in [-0.05, 0) is 67.8 Å². The van der Waals surface area contributed by atoms with Crippen LogP contribution in [-0.4, -0.2) is 43.8 Å². The Kier molecular flexibility index (Phi) is 11.3. The number of hydrogen-bond acceptors (Lipinski definition) is 4. The number of nitrogens with zero attached hydrogens (tertiary/aromatic N) is 2. The molecule has 0 unspecified atom stereocenters. The molecule has 0 bridgehead atoms. The Morgan fingerprint density at radius 1 is 0.872 bits per heavy atom. The summed E-state index contributed by atoms with van der Waals surface area (Å²) in [6.07, 6.45) is 4.94. The number of benzene rings is 4. The maximum absolute atomic E-state index is 15.1.